The van der Waals surface area contributed by atoms with Gasteiger partial charge in [-0.3, -0.25) is 14.8 Å². The third kappa shape index (κ3) is 4.62. The van der Waals surface area contributed by atoms with Crippen LogP contribution >= 0.6 is 11.6 Å². The highest BCUT2D eigenvalue weighted by Gasteiger charge is 2.14. The maximum Gasteiger partial charge on any atom is 0.321 e. The zero-order chi connectivity index (χ0) is 21.8. The van der Waals surface area contributed by atoms with Crippen LogP contribution in [0.25, 0.3) is 11.3 Å². The lowest BCUT2D eigenvalue weighted by atomic mass is 10.1. The molecule has 0 bridgehead atoms. The number of nitrogens with zero attached hydrogens (tertiary/aromatic N) is 5. The van der Waals surface area contributed by atoms with Crippen LogP contribution in [0.5, 0.6) is 11.8 Å². The normalized spacial score (nSPS) is 10.5. The van der Waals surface area contributed by atoms with Gasteiger partial charge < -0.3 is 10.1 Å². The number of halogens is 2. The summed E-state index contributed by atoms with van der Waals surface area (Å²) in [4.78, 5) is 32.6. The van der Waals surface area contributed by atoms with Crippen molar-refractivity contribution in [2.24, 2.45) is 0 Å². The van der Waals surface area contributed by atoms with Crippen LogP contribution in [0.15, 0.2) is 61.4 Å². The Morgan fingerprint density at radius 3 is 2.61 bits per heavy atom. The number of hydrogen-bond acceptors (Lipinski definition) is 7. The number of benzene rings is 1. The number of hydrogen-bond donors (Lipinski definition) is 1. The Morgan fingerprint density at radius 1 is 1.06 bits per heavy atom. The van der Waals surface area contributed by atoms with Gasteiger partial charge in [-0.15, -0.1) is 0 Å². The summed E-state index contributed by atoms with van der Waals surface area (Å²) in [6.07, 6.45) is 8.30. The van der Waals surface area contributed by atoms with Crippen molar-refractivity contribution in [2.75, 3.05) is 5.32 Å². The summed E-state index contributed by atoms with van der Waals surface area (Å²) >= 11 is 6.30. The maximum atomic E-state index is 13.6. The first kappa shape index (κ1) is 20.3. The fourth-order valence-electron chi connectivity index (χ4n) is 2.65. The Hall–Kier alpha value is -3.98. The minimum absolute atomic E-state index is 0.113. The second-order valence-corrected chi connectivity index (χ2v) is 6.72. The first-order valence-electron chi connectivity index (χ1n) is 8.99. The molecular weight excluding hydrogens is 423 g/mol. The molecule has 31 heavy (non-hydrogen) atoms. The number of pyridine rings is 1. The number of anilines is 1. The molecule has 3 heterocycles. The zero-order valence-electron chi connectivity index (χ0n) is 16.1. The first-order valence-corrected chi connectivity index (χ1v) is 9.37. The van der Waals surface area contributed by atoms with Crippen LogP contribution in [0.4, 0.5) is 10.2 Å². The van der Waals surface area contributed by atoms with E-state index in [2.05, 4.69) is 30.2 Å². The van der Waals surface area contributed by atoms with E-state index < -0.39 is 11.7 Å². The molecule has 0 atom stereocenters. The van der Waals surface area contributed by atoms with Crippen LogP contribution in [0.1, 0.15) is 15.9 Å². The molecule has 0 unspecified atom stereocenters. The lowest BCUT2D eigenvalue weighted by molar-refractivity contribution is 0.102. The summed E-state index contributed by atoms with van der Waals surface area (Å²) in [5.41, 5.74) is 1.35. The Morgan fingerprint density at radius 2 is 1.87 bits per heavy atom. The number of aromatic nitrogens is 5. The van der Waals surface area contributed by atoms with E-state index in [4.69, 9.17) is 16.3 Å². The molecular formula is C21H14ClFN6O2. The number of carbonyl (C=O) groups is 1. The van der Waals surface area contributed by atoms with Gasteiger partial charge in [0, 0.05) is 29.7 Å². The van der Waals surface area contributed by atoms with Crippen molar-refractivity contribution in [3.05, 3.63) is 83.4 Å². The highest BCUT2D eigenvalue weighted by Crippen LogP contribution is 2.31. The standard InChI is InChI=1S/C21H14ClFN6O2/c1-12-15(8-24-9-17(12)23)20(30)29-19-11-27-18(10-28-19)14-7-13(3-4-16(14)22)31-21-25-5-2-6-26-21/h2-11H,1H3,(H,28,29,30). The molecule has 10 heteroatoms. The van der Waals surface area contributed by atoms with Crippen LogP contribution in [0.2, 0.25) is 5.02 Å². The fourth-order valence-corrected chi connectivity index (χ4v) is 2.87. The van der Waals surface area contributed by atoms with Crippen molar-refractivity contribution in [3.63, 3.8) is 0 Å². The van der Waals surface area contributed by atoms with Gasteiger partial charge in [-0.05, 0) is 31.2 Å². The van der Waals surface area contributed by atoms with Crippen molar-refractivity contribution < 1.29 is 13.9 Å². The lowest BCUT2D eigenvalue weighted by Gasteiger charge is -2.09. The Balaban J connectivity index is 1.53. The minimum atomic E-state index is -0.563. The number of ether oxygens (including phenoxy) is 1. The fraction of sp³-hybridized carbons (Fsp3) is 0.0476. The molecule has 0 aliphatic heterocycles. The maximum absolute atomic E-state index is 13.6. The molecule has 0 saturated carbocycles. The first-order chi connectivity index (χ1) is 15.0. The summed E-state index contributed by atoms with van der Waals surface area (Å²) in [5.74, 6) is -0.438. The summed E-state index contributed by atoms with van der Waals surface area (Å²) in [6, 6.07) is 6.90. The molecule has 1 N–H and O–H groups in total. The molecule has 4 aromatic rings. The van der Waals surface area contributed by atoms with E-state index in [1.165, 1.54) is 25.5 Å². The van der Waals surface area contributed by atoms with Crippen LogP contribution in [-0.4, -0.2) is 30.8 Å². The predicted octanol–water partition coefficient (Wildman–Crippen LogP) is 4.47. The zero-order valence-corrected chi connectivity index (χ0v) is 16.8. The molecule has 8 nitrogen and oxygen atoms in total. The van der Waals surface area contributed by atoms with Gasteiger partial charge in [-0.1, -0.05) is 11.6 Å². The Kier molecular flexibility index (Phi) is 5.76. The van der Waals surface area contributed by atoms with Crippen LogP contribution in [0.3, 0.4) is 0 Å². The van der Waals surface area contributed by atoms with Gasteiger partial charge >= 0.3 is 6.01 Å². The number of nitrogens with one attached hydrogen (secondary N) is 1. The lowest BCUT2D eigenvalue weighted by Crippen LogP contribution is -2.15. The van der Waals surface area contributed by atoms with Crippen LogP contribution in [-0.2, 0) is 0 Å². The second-order valence-electron chi connectivity index (χ2n) is 6.31. The van der Waals surface area contributed by atoms with E-state index in [-0.39, 0.29) is 23.0 Å². The van der Waals surface area contributed by atoms with Gasteiger partial charge in [-0.25, -0.2) is 19.3 Å². The van der Waals surface area contributed by atoms with Gasteiger partial charge in [0.05, 0.1) is 34.9 Å². The molecule has 0 saturated heterocycles. The minimum Gasteiger partial charge on any atom is -0.424 e. The smallest absolute Gasteiger partial charge is 0.321 e. The van der Waals surface area contributed by atoms with Gasteiger partial charge in [0.2, 0.25) is 0 Å². The Labute approximate surface area is 181 Å². The van der Waals surface area contributed by atoms with E-state index in [1.807, 2.05) is 0 Å². The highest BCUT2D eigenvalue weighted by atomic mass is 35.5. The van der Waals surface area contributed by atoms with E-state index in [0.717, 1.165) is 6.20 Å². The summed E-state index contributed by atoms with van der Waals surface area (Å²) in [5, 5.41) is 3.01. The summed E-state index contributed by atoms with van der Waals surface area (Å²) in [7, 11) is 0. The van der Waals surface area contributed by atoms with E-state index in [1.54, 1.807) is 36.7 Å². The van der Waals surface area contributed by atoms with E-state index in [9.17, 15) is 9.18 Å². The van der Waals surface area contributed by atoms with Gasteiger partial charge in [0.15, 0.2) is 5.82 Å². The third-order valence-corrected chi connectivity index (χ3v) is 4.59. The van der Waals surface area contributed by atoms with Crippen molar-refractivity contribution in [3.8, 4) is 23.0 Å². The third-order valence-electron chi connectivity index (χ3n) is 4.26. The van der Waals surface area contributed by atoms with Crippen molar-refractivity contribution in [2.45, 2.75) is 6.92 Å². The van der Waals surface area contributed by atoms with Crippen LogP contribution in [0, 0.1) is 12.7 Å². The molecule has 1 aromatic carbocycles. The van der Waals surface area contributed by atoms with E-state index >= 15 is 0 Å². The van der Waals surface area contributed by atoms with E-state index in [0.29, 0.717) is 22.0 Å². The molecule has 0 fully saturated rings. The van der Waals surface area contributed by atoms with Gasteiger partial charge in [0.1, 0.15) is 11.6 Å². The summed E-state index contributed by atoms with van der Waals surface area (Å²) in [6.45, 7) is 1.50. The topological polar surface area (TPSA) is 103 Å². The van der Waals surface area contributed by atoms with Crippen molar-refractivity contribution in [1.82, 2.24) is 24.9 Å². The molecule has 3 aromatic heterocycles. The quantitative estimate of drug-likeness (QED) is 0.492. The monoisotopic (exact) mass is 436 g/mol. The molecule has 0 aliphatic rings. The highest BCUT2D eigenvalue weighted by molar-refractivity contribution is 6.33. The van der Waals surface area contributed by atoms with Gasteiger partial charge in [-0.2, -0.15) is 0 Å². The average molecular weight is 437 g/mol. The SMILES string of the molecule is Cc1c(F)cncc1C(=O)Nc1cnc(-c2cc(Oc3ncccn3)ccc2Cl)cn1. The predicted molar refractivity (Wildman–Crippen MR) is 111 cm³/mol. The van der Waals surface area contributed by atoms with Gasteiger partial charge in [0.25, 0.3) is 5.91 Å². The van der Waals surface area contributed by atoms with Crippen molar-refractivity contribution in [1.29, 1.82) is 0 Å². The Bertz CT molecular complexity index is 1240. The molecule has 4 rings (SSSR count). The second kappa shape index (κ2) is 8.80. The van der Waals surface area contributed by atoms with Crippen molar-refractivity contribution >= 4 is 23.3 Å². The molecule has 0 radical (unpaired) electrons. The largest absolute Gasteiger partial charge is 0.424 e. The average Bonchev–Trinajstić information content (AvgIpc) is 2.78. The molecule has 1 amide bonds. The molecule has 0 aliphatic carbocycles. The molecule has 154 valence electrons. The number of rotatable bonds is 5. The number of amides is 1. The molecule has 0 spiro atoms. The number of carbonyl (C=O) groups excluding carboxylic acids is 1. The summed E-state index contributed by atoms with van der Waals surface area (Å²) < 4.78 is 19.2. The van der Waals surface area contributed by atoms with Crippen LogP contribution < -0.4 is 10.1 Å².